The molecule has 6 nitrogen and oxygen atoms in total. The van der Waals surface area contributed by atoms with E-state index in [0.29, 0.717) is 22.9 Å². The predicted octanol–water partition coefficient (Wildman–Crippen LogP) is 5.37. The lowest BCUT2D eigenvalue weighted by Gasteiger charge is -2.33. The standard InChI is InChI=1S/C25H25ClFN3O3/c26-19-6-4-5-17(13-19)15-28-24(31)23-14-22(33-29-23)16-30(21-7-2-1-3-8-21)25(32)18-9-11-20(27)12-10-18/h4-6,9-14,21H,1-3,7-8,15-16H2,(H,28,31). The number of nitrogens with one attached hydrogen (secondary N) is 1. The summed E-state index contributed by atoms with van der Waals surface area (Å²) in [7, 11) is 0. The van der Waals surface area contributed by atoms with E-state index < -0.39 is 0 Å². The molecule has 4 rings (SSSR count). The van der Waals surface area contributed by atoms with Gasteiger partial charge in [-0.25, -0.2) is 4.39 Å². The van der Waals surface area contributed by atoms with Crippen LogP contribution in [0.2, 0.25) is 5.02 Å². The van der Waals surface area contributed by atoms with Crippen LogP contribution in [-0.2, 0) is 13.1 Å². The third kappa shape index (κ3) is 5.99. The van der Waals surface area contributed by atoms with Gasteiger partial charge >= 0.3 is 0 Å². The largest absolute Gasteiger partial charge is 0.359 e. The molecule has 8 heteroatoms. The van der Waals surface area contributed by atoms with Gasteiger partial charge in [0.15, 0.2) is 11.5 Å². The van der Waals surface area contributed by atoms with Gasteiger partial charge in [0, 0.05) is 29.2 Å². The molecule has 1 saturated carbocycles. The second-order valence-electron chi connectivity index (χ2n) is 8.22. The van der Waals surface area contributed by atoms with Crippen LogP contribution in [0.4, 0.5) is 4.39 Å². The minimum Gasteiger partial charge on any atom is -0.359 e. The Kier molecular flexibility index (Phi) is 7.40. The number of benzene rings is 2. The maximum atomic E-state index is 13.3. The highest BCUT2D eigenvalue weighted by Crippen LogP contribution is 2.26. The molecule has 3 aromatic rings. The predicted molar refractivity (Wildman–Crippen MR) is 122 cm³/mol. The van der Waals surface area contributed by atoms with E-state index in [2.05, 4.69) is 10.5 Å². The van der Waals surface area contributed by atoms with Crippen molar-refractivity contribution in [3.63, 3.8) is 0 Å². The molecule has 1 aliphatic rings. The van der Waals surface area contributed by atoms with Gasteiger partial charge in [0.25, 0.3) is 11.8 Å². The second kappa shape index (κ2) is 10.6. The SMILES string of the molecule is O=C(NCc1cccc(Cl)c1)c1cc(CN(C(=O)c2ccc(F)cc2)C2CCCCC2)on1. The molecular weight excluding hydrogens is 445 g/mol. The lowest BCUT2D eigenvalue weighted by molar-refractivity contribution is 0.0590. The van der Waals surface area contributed by atoms with Crippen molar-refractivity contribution in [1.82, 2.24) is 15.4 Å². The van der Waals surface area contributed by atoms with Crippen LogP contribution in [0, 0.1) is 5.82 Å². The van der Waals surface area contributed by atoms with Gasteiger partial charge in [-0.05, 0) is 54.8 Å². The van der Waals surface area contributed by atoms with Crippen molar-refractivity contribution < 1.29 is 18.5 Å². The number of aromatic nitrogens is 1. The maximum absolute atomic E-state index is 13.3. The van der Waals surface area contributed by atoms with Crippen molar-refractivity contribution in [2.45, 2.75) is 51.2 Å². The molecule has 0 unspecified atom stereocenters. The fourth-order valence-corrected chi connectivity index (χ4v) is 4.31. The summed E-state index contributed by atoms with van der Waals surface area (Å²) in [6.07, 6.45) is 5.04. The molecule has 0 radical (unpaired) electrons. The first-order valence-electron chi connectivity index (χ1n) is 11.0. The Bertz CT molecular complexity index is 1110. The van der Waals surface area contributed by atoms with E-state index in [4.69, 9.17) is 16.1 Å². The number of carbonyl (C=O) groups excluding carboxylic acids is 2. The lowest BCUT2D eigenvalue weighted by atomic mass is 9.93. The summed E-state index contributed by atoms with van der Waals surface area (Å²) >= 11 is 5.98. The number of halogens is 2. The highest BCUT2D eigenvalue weighted by Gasteiger charge is 2.28. The molecule has 172 valence electrons. The summed E-state index contributed by atoms with van der Waals surface area (Å²) in [6.45, 7) is 0.494. The summed E-state index contributed by atoms with van der Waals surface area (Å²) in [6, 6.07) is 14.4. The van der Waals surface area contributed by atoms with Crippen molar-refractivity contribution in [3.05, 3.63) is 88.0 Å². The summed E-state index contributed by atoms with van der Waals surface area (Å²) in [5.41, 5.74) is 1.43. The first-order chi connectivity index (χ1) is 16.0. The van der Waals surface area contributed by atoms with Gasteiger partial charge in [0.05, 0.1) is 6.54 Å². The number of rotatable bonds is 7. The Morgan fingerprint density at radius 1 is 1.09 bits per heavy atom. The van der Waals surface area contributed by atoms with E-state index >= 15 is 0 Å². The second-order valence-corrected chi connectivity index (χ2v) is 8.66. The van der Waals surface area contributed by atoms with Crippen LogP contribution >= 0.6 is 11.6 Å². The van der Waals surface area contributed by atoms with Crippen LogP contribution in [0.1, 0.15) is 64.3 Å². The molecule has 0 spiro atoms. The Morgan fingerprint density at radius 2 is 1.85 bits per heavy atom. The number of nitrogens with zero attached hydrogens (tertiary/aromatic N) is 2. The van der Waals surface area contributed by atoms with Crippen LogP contribution in [-0.4, -0.2) is 27.9 Å². The Morgan fingerprint density at radius 3 is 2.58 bits per heavy atom. The molecule has 0 atom stereocenters. The molecule has 1 aromatic heterocycles. The van der Waals surface area contributed by atoms with E-state index in [0.717, 1.165) is 37.7 Å². The van der Waals surface area contributed by atoms with E-state index in [1.807, 2.05) is 12.1 Å². The minimum atomic E-state index is -0.389. The first-order valence-corrected chi connectivity index (χ1v) is 11.4. The molecule has 1 N–H and O–H groups in total. The van der Waals surface area contributed by atoms with E-state index in [-0.39, 0.29) is 35.9 Å². The van der Waals surface area contributed by atoms with Crippen molar-refractivity contribution in [2.24, 2.45) is 0 Å². The van der Waals surface area contributed by atoms with Gasteiger partial charge < -0.3 is 14.7 Å². The Hall–Kier alpha value is -3.19. The first kappa shape index (κ1) is 23.0. The Balaban J connectivity index is 1.45. The normalized spacial score (nSPS) is 14.1. The average Bonchev–Trinajstić information content (AvgIpc) is 3.30. The molecule has 2 aromatic carbocycles. The zero-order valence-electron chi connectivity index (χ0n) is 18.1. The lowest BCUT2D eigenvalue weighted by Crippen LogP contribution is -2.40. The zero-order chi connectivity index (χ0) is 23.2. The molecule has 2 amide bonds. The monoisotopic (exact) mass is 469 g/mol. The quantitative estimate of drug-likeness (QED) is 0.504. The van der Waals surface area contributed by atoms with Gasteiger partial charge in [-0.3, -0.25) is 9.59 Å². The van der Waals surface area contributed by atoms with E-state index in [9.17, 15) is 14.0 Å². The van der Waals surface area contributed by atoms with E-state index in [1.54, 1.807) is 23.1 Å². The highest BCUT2D eigenvalue weighted by molar-refractivity contribution is 6.30. The summed E-state index contributed by atoms with van der Waals surface area (Å²) < 4.78 is 18.7. The van der Waals surface area contributed by atoms with Crippen molar-refractivity contribution >= 4 is 23.4 Å². The van der Waals surface area contributed by atoms with Crippen LogP contribution < -0.4 is 5.32 Å². The Labute approximate surface area is 196 Å². The van der Waals surface area contributed by atoms with Crippen molar-refractivity contribution in [1.29, 1.82) is 0 Å². The topological polar surface area (TPSA) is 75.4 Å². The molecule has 33 heavy (non-hydrogen) atoms. The number of hydrogen-bond acceptors (Lipinski definition) is 4. The molecule has 0 saturated heterocycles. The van der Waals surface area contributed by atoms with Gasteiger partial charge in [0.1, 0.15) is 5.82 Å². The number of hydrogen-bond donors (Lipinski definition) is 1. The fraction of sp³-hybridized carbons (Fsp3) is 0.320. The fourth-order valence-electron chi connectivity index (χ4n) is 4.10. The van der Waals surface area contributed by atoms with Crippen LogP contribution in [0.3, 0.4) is 0 Å². The van der Waals surface area contributed by atoms with Crippen LogP contribution in [0.5, 0.6) is 0 Å². The molecule has 0 aliphatic heterocycles. The van der Waals surface area contributed by atoms with Crippen LogP contribution in [0.15, 0.2) is 59.1 Å². The average molecular weight is 470 g/mol. The zero-order valence-corrected chi connectivity index (χ0v) is 18.9. The van der Waals surface area contributed by atoms with Crippen LogP contribution in [0.25, 0.3) is 0 Å². The van der Waals surface area contributed by atoms with Gasteiger partial charge in [-0.2, -0.15) is 0 Å². The molecule has 1 fully saturated rings. The molecule has 1 heterocycles. The smallest absolute Gasteiger partial charge is 0.273 e. The van der Waals surface area contributed by atoms with Gasteiger partial charge in [-0.1, -0.05) is 48.2 Å². The number of amides is 2. The maximum Gasteiger partial charge on any atom is 0.273 e. The van der Waals surface area contributed by atoms with E-state index in [1.165, 1.54) is 24.3 Å². The molecule has 0 bridgehead atoms. The summed E-state index contributed by atoms with van der Waals surface area (Å²) in [4.78, 5) is 27.5. The third-order valence-corrected chi connectivity index (χ3v) is 6.06. The van der Waals surface area contributed by atoms with Crippen molar-refractivity contribution in [2.75, 3.05) is 0 Å². The summed E-state index contributed by atoms with van der Waals surface area (Å²) in [5.74, 6) is -0.535. The van der Waals surface area contributed by atoms with Crippen molar-refractivity contribution in [3.8, 4) is 0 Å². The van der Waals surface area contributed by atoms with Gasteiger partial charge in [-0.15, -0.1) is 0 Å². The van der Waals surface area contributed by atoms with Gasteiger partial charge in [0.2, 0.25) is 0 Å². The molecular formula is C25H25ClFN3O3. The highest BCUT2D eigenvalue weighted by atomic mass is 35.5. The summed E-state index contributed by atoms with van der Waals surface area (Å²) in [5, 5.41) is 7.27. The third-order valence-electron chi connectivity index (χ3n) is 5.83. The number of carbonyl (C=O) groups is 2. The minimum absolute atomic E-state index is 0.0570. The molecule has 1 aliphatic carbocycles.